The van der Waals surface area contributed by atoms with Crippen molar-refractivity contribution in [3.05, 3.63) is 65.3 Å². The highest BCUT2D eigenvalue weighted by Crippen LogP contribution is 2.28. The van der Waals surface area contributed by atoms with E-state index in [0.717, 1.165) is 74.3 Å². The molecule has 48 heavy (non-hydrogen) atoms. The van der Waals surface area contributed by atoms with Gasteiger partial charge in [-0.3, -0.25) is 19.4 Å². The SMILES string of the molecule is CC(C)(C)OC(=O)N1CCC(n2cc(-c3ccc(=O)n(CCOc4ccnc5cc(OCCCN6CCOCC6)ccc45)n3)cn2)CC1. The van der Waals surface area contributed by atoms with Gasteiger partial charge in [0.2, 0.25) is 0 Å². The quantitative estimate of drug-likeness (QED) is 0.214. The summed E-state index contributed by atoms with van der Waals surface area (Å²) in [6.45, 7) is 12.5. The summed E-state index contributed by atoms with van der Waals surface area (Å²) in [5.41, 5.74) is 1.52. The van der Waals surface area contributed by atoms with Crippen LogP contribution in [0.2, 0.25) is 0 Å². The van der Waals surface area contributed by atoms with Crippen molar-refractivity contribution in [2.24, 2.45) is 0 Å². The number of hydrogen-bond acceptors (Lipinski definition) is 10. The van der Waals surface area contributed by atoms with E-state index in [0.29, 0.717) is 31.1 Å². The molecule has 13 nitrogen and oxygen atoms in total. The Morgan fingerprint density at radius 1 is 0.979 bits per heavy atom. The fourth-order valence-electron chi connectivity index (χ4n) is 5.93. The van der Waals surface area contributed by atoms with E-state index in [4.69, 9.17) is 18.9 Å². The number of fused-ring (bicyclic) bond motifs is 1. The fraction of sp³-hybridized carbons (Fsp3) is 0.514. The maximum absolute atomic E-state index is 12.7. The van der Waals surface area contributed by atoms with Crippen LogP contribution in [0.25, 0.3) is 22.2 Å². The average molecular weight is 660 g/mol. The van der Waals surface area contributed by atoms with Crippen LogP contribution in [0.15, 0.2) is 59.8 Å². The second-order valence-electron chi connectivity index (χ2n) is 13.2. The van der Waals surface area contributed by atoms with Gasteiger partial charge in [0, 0.05) is 68.2 Å². The molecule has 5 heterocycles. The van der Waals surface area contributed by atoms with Crippen molar-refractivity contribution in [2.45, 2.75) is 58.2 Å². The van der Waals surface area contributed by atoms with Crippen LogP contribution in [0.3, 0.4) is 0 Å². The predicted molar refractivity (Wildman–Crippen MR) is 180 cm³/mol. The van der Waals surface area contributed by atoms with E-state index in [2.05, 4.69) is 20.1 Å². The minimum Gasteiger partial charge on any atom is -0.493 e. The van der Waals surface area contributed by atoms with Crippen LogP contribution >= 0.6 is 0 Å². The summed E-state index contributed by atoms with van der Waals surface area (Å²) in [5, 5.41) is 10.1. The topological polar surface area (TPSA) is 126 Å². The van der Waals surface area contributed by atoms with Gasteiger partial charge in [-0.15, -0.1) is 0 Å². The van der Waals surface area contributed by atoms with Gasteiger partial charge in [0.25, 0.3) is 5.56 Å². The first-order chi connectivity index (χ1) is 23.2. The van der Waals surface area contributed by atoms with Crippen LogP contribution in [0.4, 0.5) is 4.79 Å². The number of nitrogens with zero attached hydrogens (tertiary/aromatic N) is 7. The number of rotatable bonds is 11. The zero-order valence-electron chi connectivity index (χ0n) is 28.0. The molecule has 0 atom stereocenters. The van der Waals surface area contributed by atoms with E-state index in [1.54, 1.807) is 23.4 Å². The van der Waals surface area contributed by atoms with Crippen LogP contribution < -0.4 is 15.0 Å². The van der Waals surface area contributed by atoms with Crippen LogP contribution in [-0.4, -0.2) is 105 Å². The molecule has 0 saturated carbocycles. The first kappa shape index (κ1) is 33.4. The molecule has 256 valence electrons. The van der Waals surface area contributed by atoms with Crippen molar-refractivity contribution in [2.75, 3.05) is 59.2 Å². The molecule has 0 bridgehead atoms. The normalized spacial score (nSPS) is 16.3. The Labute approximate surface area is 280 Å². The van der Waals surface area contributed by atoms with Crippen molar-refractivity contribution in [3.63, 3.8) is 0 Å². The zero-order chi connectivity index (χ0) is 33.5. The number of likely N-dealkylation sites (tertiary alicyclic amines) is 1. The third-order valence-corrected chi connectivity index (χ3v) is 8.48. The Balaban J connectivity index is 1.01. The van der Waals surface area contributed by atoms with Crippen LogP contribution in [0.5, 0.6) is 11.5 Å². The maximum atomic E-state index is 12.7. The molecule has 0 radical (unpaired) electrons. The largest absolute Gasteiger partial charge is 0.493 e. The van der Waals surface area contributed by atoms with E-state index in [-0.39, 0.29) is 30.8 Å². The molecule has 0 N–H and O–H groups in total. The average Bonchev–Trinajstić information content (AvgIpc) is 3.58. The minimum atomic E-state index is -0.516. The lowest BCUT2D eigenvalue weighted by atomic mass is 10.1. The standard InChI is InChI=1S/C35H45N7O6/c1-35(2,3)48-34(44)40-14-10-27(11-15-40)42-25-26(24-37-42)30-7-8-33(43)41(38-30)18-22-47-32-9-12-36-31-23-28(5-6-29(31)32)46-19-4-13-39-16-20-45-21-17-39/h5-9,12,23-25,27H,4,10-11,13-22H2,1-3H3. The van der Waals surface area contributed by atoms with Gasteiger partial charge in [0.1, 0.15) is 23.7 Å². The maximum Gasteiger partial charge on any atom is 0.410 e. The Kier molecular flexibility index (Phi) is 10.6. The number of aromatic nitrogens is 5. The number of hydrogen-bond donors (Lipinski definition) is 0. The summed E-state index contributed by atoms with van der Waals surface area (Å²) in [5.74, 6) is 1.46. The van der Waals surface area contributed by atoms with Gasteiger partial charge in [-0.1, -0.05) is 0 Å². The summed E-state index contributed by atoms with van der Waals surface area (Å²) in [6, 6.07) is 11.0. The highest BCUT2D eigenvalue weighted by atomic mass is 16.6. The molecule has 13 heteroatoms. The molecule has 2 saturated heterocycles. The Hall–Kier alpha value is -4.49. The highest BCUT2D eigenvalue weighted by molar-refractivity contribution is 5.85. The molecule has 4 aromatic rings. The molecule has 3 aromatic heterocycles. The molecule has 1 amide bonds. The van der Waals surface area contributed by atoms with Crippen molar-refractivity contribution in [3.8, 4) is 22.8 Å². The first-order valence-electron chi connectivity index (χ1n) is 16.8. The lowest BCUT2D eigenvalue weighted by Gasteiger charge is -2.33. The second kappa shape index (κ2) is 15.2. The van der Waals surface area contributed by atoms with Crippen LogP contribution in [-0.2, 0) is 16.0 Å². The predicted octanol–water partition coefficient (Wildman–Crippen LogP) is 4.41. The monoisotopic (exact) mass is 659 g/mol. The number of amides is 1. The summed E-state index contributed by atoms with van der Waals surface area (Å²) >= 11 is 0. The van der Waals surface area contributed by atoms with Gasteiger partial charge in [0.15, 0.2) is 0 Å². The van der Waals surface area contributed by atoms with E-state index in [1.807, 2.05) is 55.9 Å². The molecule has 6 rings (SSSR count). The number of ether oxygens (including phenoxy) is 4. The van der Waals surface area contributed by atoms with Crippen molar-refractivity contribution < 1.29 is 23.7 Å². The molecule has 1 aromatic carbocycles. The zero-order valence-corrected chi connectivity index (χ0v) is 28.0. The third-order valence-electron chi connectivity index (χ3n) is 8.48. The van der Waals surface area contributed by atoms with E-state index in [1.165, 1.54) is 10.7 Å². The van der Waals surface area contributed by atoms with Crippen LogP contribution in [0, 0.1) is 0 Å². The number of benzene rings is 1. The summed E-state index contributed by atoms with van der Waals surface area (Å²) < 4.78 is 26.4. The summed E-state index contributed by atoms with van der Waals surface area (Å²) in [4.78, 5) is 33.8. The van der Waals surface area contributed by atoms with Gasteiger partial charge in [-0.25, -0.2) is 9.48 Å². The highest BCUT2D eigenvalue weighted by Gasteiger charge is 2.28. The van der Waals surface area contributed by atoms with E-state index < -0.39 is 5.60 Å². The van der Waals surface area contributed by atoms with Crippen molar-refractivity contribution in [1.82, 2.24) is 34.3 Å². The number of carbonyl (C=O) groups is 1. The molecule has 0 unspecified atom stereocenters. The molecule has 2 fully saturated rings. The van der Waals surface area contributed by atoms with Crippen molar-refractivity contribution >= 4 is 17.0 Å². The Morgan fingerprint density at radius 2 is 1.79 bits per heavy atom. The number of carbonyl (C=O) groups excluding carboxylic acids is 1. The van der Waals surface area contributed by atoms with E-state index in [9.17, 15) is 9.59 Å². The third kappa shape index (κ3) is 8.70. The van der Waals surface area contributed by atoms with Gasteiger partial charge in [-0.2, -0.15) is 10.2 Å². The van der Waals surface area contributed by atoms with E-state index >= 15 is 0 Å². The number of morpholine rings is 1. The smallest absolute Gasteiger partial charge is 0.410 e. The lowest BCUT2D eigenvalue weighted by Crippen LogP contribution is -2.42. The summed E-state index contributed by atoms with van der Waals surface area (Å²) in [7, 11) is 0. The minimum absolute atomic E-state index is 0.162. The van der Waals surface area contributed by atoms with Gasteiger partial charge >= 0.3 is 6.09 Å². The lowest BCUT2D eigenvalue weighted by molar-refractivity contribution is 0.0184. The van der Waals surface area contributed by atoms with Gasteiger partial charge in [-0.05, 0) is 64.3 Å². The molecule has 2 aliphatic heterocycles. The fourth-order valence-corrected chi connectivity index (χ4v) is 5.93. The van der Waals surface area contributed by atoms with Gasteiger partial charge in [0.05, 0.1) is 49.8 Å². The molecular formula is C35H45N7O6. The second-order valence-corrected chi connectivity index (χ2v) is 13.2. The molecule has 0 aliphatic carbocycles. The molecule has 0 spiro atoms. The Bertz CT molecular complexity index is 1740. The number of pyridine rings is 1. The van der Waals surface area contributed by atoms with Crippen molar-refractivity contribution in [1.29, 1.82) is 0 Å². The summed E-state index contributed by atoms with van der Waals surface area (Å²) in [6.07, 6.45) is 7.65. The first-order valence-corrected chi connectivity index (χ1v) is 16.8. The Morgan fingerprint density at radius 3 is 2.58 bits per heavy atom. The van der Waals surface area contributed by atoms with Crippen LogP contribution in [0.1, 0.15) is 46.1 Å². The number of piperidine rings is 1. The van der Waals surface area contributed by atoms with Gasteiger partial charge < -0.3 is 23.8 Å². The molecule has 2 aliphatic rings. The molecular weight excluding hydrogens is 614 g/mol.